The Balaban J connectivity index is 1.53. The van der Waals surface area contributed by atoms with Crippen LogP contribution in [-0.4, -0.2) is 52.7 Å². The van der Waals surface area contributed by atoms with E-state index in [0.717, 1.165) is 56.8 Å². The zero-order chi connectivity index (χ0) is 23.5. The summed E-state index contributed by atoms with van der Waals surface area (Å²) >= 11 is 0. The van der Waals surface area contributed by atoms with E-state index in [1.807, 2.05) is 18.4 Å². The van der Waals surface area contributed by atoms with Crippen LogP contribution in [-0.2, 0) is 27.3 Å². The predicted molar refractivity (Wildman–Crippen MR) is 122 cm³/mol. The summed E-state index contributed by atoms with van der Waals surface area (Å²) in [4.78, 5) is 39.9. The van der Waals surface area contributed by atoms with E-state index in [1.54, 1.807) is 18.2 Å². The molecule has 1 saturated heterocycles. The summed E-state index contributed by atoms with van der Waals surface area (Å²) in [5.41, 5.74) is 1.48. The number of fused-ring (bicyclic) bond motifs is 1. The quantitative estimate of drug-likeness (QED) is 0.507. The Morgan fingerprint density at radius 2 is 1.79 bits per heavy atom. The van der Waals surface area contributed by atoms with E-state index in [4.69, 9.17) is 4.74 Å². The molecule has 33 heavy (non-hydrogen) atoms. The number of nitrogens with one attached hydrogen (secondary N) is 2. The van der Waals surface area contributed by atoms with Gasteiger partial charge in [-0.1, -0.05) is 13.8 Å². The van der Waals surface area contributed by atoms with Crippen LogP contribution in [0, 0.1) is 5.92 Å². The molecule has 0 unspecified atom stereocenters. The van der Waals surface area contributed by atoms with Crippen molar-refractivity contribution in [1.82, 2.24) is 20.1 Å². The second-order valence-electron chi connectivity index (χ2n) is 8.80. The van der Waals surface area contributed by atoms with Crippen molar-refractivity contribution >= 4 is 29.2 Å². The molecule has 2 N–H and O–H groups in total. The van der Waals surface area contributed by atoms with Gasteiger partial charge in [0.1, 0.15) is 5.82 Å². The van der Waals surface area contributed by atoms with Crippen LogP contribution in [0.5, 0.6) is 0 Å². The van der Waals surface area contributed by atoms with Gasteiger partial charge in [-0.3, -0.25) is 9.59 Å². The number of aromatic nitrogens is 3. The first kappa shape index (κ1) is 22.8. The van der Waals surface area contributed by atoms with E-state index in [0.29, 0.717) is 17.1 Å². The standard InChI is InChI=1S/C23H30N6O4/c1-14(2)19(20-27-26-18-7-6-12-29(18)20)25-22(31)21(30)24-16-13-15(23(32)33-3)8-9-17(16)28-10-4-5-11-28/h8-9,13-14,19H,4-7,10-12H2,1-3H3,(H,24,30)(H,25,31)/t19-/m0/s1. The lowest BCUT2D eigenvalue weighted by Crippen LogP contribution is -2.40. The molecular formula is C23H30N6O4. The number of rotatable bonds is 6. The van der Waals surface area contributed by atoms with Crippen LogP contribution in [0.2, 0.25) is 0 Å². The van der Waals surface area contributed by atoms with Gasteiger partial charge in [0.15, 0.2) is 5.82 Å². The van der Waals surface area contributed by atoms with Gasteiger partial charge >= 0.3 is 17.8 Å². The number of carbonyl (C=O) groups is 3. The van der Waals surface area contributed by atoms with Gasteiger partial charge in [0.2, 0.25) is 0 Å². The highest BCUT2D eigenvalue weighted by Gasteiger charge is 2.30. The van der Waals surface area contributed by atoms with Crippen molar-refractivity contribution in [1.29, 1.82) is 0 Å². The van der Waals surface area contributed by atoms with Crippen LogP contribution >= 0.6 is 0 Å². The summed E-state index contributed by atoms with van der Waals surface area (Å²) in [6, 6.07) is 4.55. The molecular weight excluding hydrogens is 424 g/mol. The van der Waals surface area contributed by atoms with Crippen LogP contribution in [0.4, 0.5) is 11.4 Å². The molecule has 0 radical (unpaired) electrons. The summed E-state index contributed by atoms with van der Waals surface area (Å²) in [6.45, 7) is 6.43. The molecule has 0 aliphatic carbocycles. The first-order valence-corrected chi connectivity index (χ1v) is 11.4. The van der Waals surface area contributed by atoms with Gasteiger partial charge in [-0.25, -0.2) is 4.79 Å². The molecule has 0 spiro atoms. The van der Waals surface area contributed by atoms with Crippen molar-refractivity contribution in [3.63, 3.8) is 0 Å². The minimum atomic E-state index is -0.802. The van der Waals surface area contributed by atoms with Gasteiger partial charge in [-0.2, -0.15) is 0 Å². The van der Waals surface area contributed by atoms with Crippen LogP contribution < -0.4 is 15.5 Å². The van der Waals surface area contributed by atoms with Gasteiger partial charge in [-0.05, 0) is 43.4 Å². The number of hydrogen-bond acceptors (Lipinski definition) is 7. The molecule has 0 bridgehead atoms. The lowest BCUT2D eigenvalue weighted by molar-refractivity contribution is -0.136. The van der Waals surface area contributed by atoms with Crippen LogP contribution in [0.1, 0.15) is 61.2 Å². The molecule has 4 rings (SSSR count). The molecule has 2 amide bonds. The van der Waals surface area contributed by atoms with E-state index in [1.165, 1.54) is 7.11 Å². The first-order valence-electron chi connectivity index (χ1n) is 11.4. The van der Waals surface area contributed by atoms with Crippen LogP contribution in [0.25, 0.3) is 0 Å². The number of amides is 2. The Bertz CT molecular complexity index is 1060. The van der Waals surface area contributed by atoms with Crippen molar-refractivity contribution in [3.8, 4) is 0 Å². The third-order valence-corrected chi connectivity index (χ3v) is 6.19. The molecule has 1 aromatic heterocycles. The monoisotopic (exact) mass is 454 g/mol. The highest BCUT2D eigenvalue weighted by molar-refractivity contribution is 6.40. The lowest BCUT2D eigenvalue weighted by Gasteiger charge is -2.23. The number of carbonyl (C=O) groups excluding carboxylic acids is 3. The summed E-state index contributed by atoms with van der Waals surface area (Å²) in [5.74, 6) is -0.487. The van der Waals surface area contributed by atoms with E-state index in [-0.39, 0.29) is 5.92 Å². The highest BCUT2D eigenvalue weighted by Crippen LogP contribution is 2.31. The fraction of sp³-hybridized carbons (Fsp3) is 0.522. The SMILES string of the molecule is COC(=O)c1ccc(N2CCCC2)c(NC(=O)C(=O)N[C@H](c2nnc3n2CCC3)C(C)C)c1. The maximum Gasteiger partial charge on any atom is 0.337 e. The second kappa shape index (κ2) is 9.60. The Labute approximate surface area is 192 Å². The number of anilines is 2. The van der Waals surface area contributed by atoms with E-state index >= 15 is 0 Å². The zero-order valence-electron chi connectivity index (χ0n) is 19.3. The minimum absolute atomic E-state index is 0.0125. The fourth-order valence-corrected chi connectivity index (χ4v) is 4.43. The molecule has 176 valence electrons. The first-order chi connectivity index (χ1) is 15.9. The van der Waals surface area contributed by atoms with E-state index < -0.39 is 23.8 Å². The normalized spacial score (nSPS) is 15.9. The van der Waals surface area contributed by atoms with Crippen molar-refractivity contribution in [2.24, 2.45) is 5.92 Å². The maximum absolute atomic E-state index is 12.9. The van der Waals surface area contributed by atoms with Crippen molar-refractivity contribution in [2.45, 2.75) is 52.1 Å². The van der Waals surface area contributed by atoms with Gasteiger partial charge in [0.25, 0.3) is 0 Å². The van der Waals surface area contributed by atoms with Gasteiger partial charge < -0.3 is 24.8 Å². The summed E-state index contributed by atoms with van der Waals surface area (Å²) in [5, 5.41) is 14.0. The molecule has 1 fully saturated rings. The highest BCUT2D eigenvalue weighted by atomic mass is 16.5. The number of ether oxygens (including phenoxy) is 1. The molecule has 10 nitrogen and oxygen atoms in total. The average molecular weight is 455 g/mol. The zero-order valence-corrected chi connectivity index (χ0v) is 19.3. The number of aryl methyl sites for hydroxylation is 1. The molecule has 2 aromatic rings. The molecule has 3 heterocycles. The maximum atomic E-state index is 12.9. The minimum Gasteiger partial charge on any atom is -0.465 e. The Hall–Kier alpha value is -3.43. The molecule has 2 aliphatic rings. The largest absolute Gasteiger partial charge is 0.465 e. The second-order valence-corrected chi connectivity index (χ2v) is 8.80. The third-order valence-electron chi connectivity index (χ3n) is 6.19. The van der Waals surface area contributed by atoms with Crippen LogP contribution in [0.3, 0.4) is 0 Å². The number of hydrogen-bond donors (Lipinski definition) is 2. The Morgan fingerprint density at radius 1 is 1.03 bits per heavy atom. The van der Waals surface area contributed by atoms with Crippen molar-refractivity contribution < 1.29 is 19.1 Å². The molecule has 1 atom stereocenters. The Kier molecular flexibility index (Phi) is 6.62. The predicted octanol–water partition coefficient (Wildman–Crippen LogP) is 2.06. The summed E-state index contributed by atoms with van der Waals surface area (Å²) < 4.78 is 6.83. The van der Waals surface area contributed by atoms with Gasteiger partial charge in [0.05, 0.1) is 30.1 Å². The van der Waals surface area contributed by atoms with Crippen molar-refractivity contribution in [3.05, 3.63) is 35.4 Å². The molecule has 1 aromatic carbocycles. The number of benzene rings is 1. The average Bonchev–Trinajstić information content (AvgIpc) is 3.55. The fourth-order valence-electron chi connectivity index (χ4n) is 4.43. The number of esters is 1. The summed E-state index contributed by atoms with van der Waals surface area (Å²) in [7, 11) is 1.30. The van der Waals surface area contributed by atoms with Gasteiger partial charge in [0, 0.05) is 26.1 Å². The molecule has 0 saturated carbocycles. The van der Waals surface area contributed by atoms with Gasteiger partial charge in [-0.15, -0.1) is 10.2 Å². The smallest absolute Gasteiger partial charge is 0.337 e. The van der Waals surface area contributed by atoms with E-state index in [2.05, 4.69) is 25.7 Å². The van der Waals surface area contributed by atoms with E-state index in [9.17, 15) is 14.4 Å². The van der Waals surface area contributed by atoms with Crippen LogP contribution in [0.15, 0.2) is 18.2 Å². The Morgan fingerprint density at radius 3 is 2.48 bits per heavy atom. The molecule has 10 heteroatoms. The number of nitrogens with zero attached hydrogens (tertiary/aromatic N) is 4. The number of methoxy groups -OCH3 is 1. The van der Waals surface area contributed by atoms with Crippen molar-refractivity contribution in [2.75, 3.05) is 30.4 Å². The third kappa shape index (κ3) is 4.69. The topological polar surface area (TPSA) is 118 Å². The summed E-state index contributed by atoms with van der Waals surface area (Å²) in [6.07, 6.45) is 3.95. The lowest BCUT2D eigenvalue weighted by atomic mass is 10.0. The molecule has 2 aliphatic heterocycles.